The SMILES string of the molecule is CCO[Si](C)(OC)OCCCCOCC1CO1. The summed E-state index contributed by atoms with van der Waals surface area (Å²) in [5.41, 5.74) is 0. The van der Waals surface area contributed by atoms with Gasteiger partial charge in [-0.3, -0.25) is 0 Å². The molecule has 0 aromatic rings. The maximum Gasteiger partial charge on any atom is 0.497 e. The van der Waals surface area contributed by atoms with E-state index >= 15 is 0 Å². The summed E-state index contributed by atoms with van der Waals surface area (Å²) in [5.74, 6) is 0. The normalized spacial score (nSPS) is 22.4. The van der Waals surface area contributed by atoms with Crippen LogP contribution in [0.15, 0.2) is 0 Å². The fourth-order valence-corrected chi connectivity index (χ4v) is 2.72. The molecule has 0 aromatic heterocycles. The topological polar surface area (TPSA) is 49.5 Å². The van der Waals surface area contributed by atoms with Crippen LogP contribution >= 0.6 is 0 Å². The summed E-state index contributed by atoms with van der Waals surface area (Å²) in [6.07, 6.45) is 2.31. The largest absolute Gasteiger partial charge is 0.497 e. The van der Waals surface area contributed by atoms with Gasteiger partial charge >= 0.3 is 8.80 Å². The van der Waals surface area contributed by atoms with Gasteiger partial charge < -0.3 is 22.8 Å². The van der Waals surface area contributed by atoms with Gasteiger partial charge in [0.2, 0.25) is 0 Å². The molecule has 0 amide bonds. The van der Waals surface area contributed by atoms with Crippen molar-refractivity contribution in [3.63, 3.8) is 0 Å². The highest BCUT2D eigenvalue weighted by Crippen LogP contribution is 2.10. The van der Waals surface area contributed by atoms with Crippen LogP contribution in [0.2, 0.25) is 6.55 Å². The van der Waals surface area contributed by atoms with Crippen molar-refractivity contribution in [3.05, 3.63) is 0 Å². The fraction of sp³-hybridized carbons (Fsp3) is 1.00. The molecular weight excluding hydrogens is 240 g/mol. The Morgan fingerprint density at radius 3 is 2.53 bits per heavy atom. The minimum Gasteiger partial charge on any atom is -0.379 e. The van der Waals surface area contributed by atoms with Crippen molar-refractivity contribution in [2.75, 3.05) is 40.1 Å². The summed E-state index contributed by atoms with van der Waals surface area (Å²) in [7, 11) is -0.721. The zero-order chi connectivity index (χ0) is 12.6. The molecule has 0 aromatic carbocycles. The highest BCUT2D eigenvalue weighted by molar-refractivity contribution is 6.59. The lowest BCUT2D eigenvalue weighted by molar-refractivity contribution is 0.0788. The number of unbranched alkanes of at least 4 members (excludes halogenated alkanes) is 1. The van der Waals surface area contributed by atoms with Crippen molar-refractivity contribution in [2.24, 2.45) is 0 Å². The summed E-state index contributed by atoms with van der Waals surface area (Å²) in [6, 6.07) is 0. The van der Waals surface area contributed by atoms with Crippen molar-refractivity contribution in [3.8, 4) is 0 Å². The third kappa shape index (κ3) is 7.12. The fourth-order valence-electron chi connectivity index (χ4n) is 1.36. The van der Waals surface area contributed by atoms with Crippen LogP contribution in [0.5, 0.6) is 0 Å². The van der Waals surface area contributed by atoms with Crippen LogP contribution in [-0.2, 0) is 22.8 Å². The van der Waals surface area contributed by atoms with Gasteiger partial charge in [-0.15, -0.1) is 0 Å². The maximum absolute atomic E-state index is 5.67. The van der Waals surface area contributed by atoms with Gasteiger partial charge in [-0.25, -0.2) is 0 Å². The molecule has 2 atom stereocenters. The lowest BCUT2D eigenvalue weighted by Crippen LogP contribution is -2.41. The van der Waals surface area contributed by atoms with Gasteiger partial charge in [-0.05, 0) is 19.8 Å². The zero-order valence-corrected chi connectivity index (χ0v) is 12.1. The second-order valence-corrected chi connectivity index (χ2v) is 6.80. The Kier molecular flexibility index (Phi) is 7.25. The van der Waals surface area contributed by atoms with Crippen molar-refractivity contribution in [1.29, 1.82) is 0 Å². The van der Waals surface area contributed by atoms with Gasteiger partial charge in [0, 0.05) is 33.5 Å². The van der Waals surface area contributed by atoms with E-state index in [1.807, 2.05) is 13.5 Å². The van der Waals surface area contributed by atoms with Crippen LogP contribution in [0.3, 0.4) is 0 Å². The summed E-state index contributed by atoms with van der Waals surface area (Å²) in [5, 5.41) is 0. The first kappa shape index (κ1) is 15.1. The Balaban J connectivity index is 1.90. The van der Waals surface area contributed by atoms with Gasteiger partial charge in [0.1, 0.15) is 6.10 Å². The molecule has 1 heterocycles. The molecule has 6 heteroatoms. The Hall–Kier alpha value is 0.0169. The van der Waals surface area contributed by atoms with Crippen molar-refractivity contribution >= 4 is 8.80 Å². The van der Waals surface area contributed by atoms with Crippen molar-refractivity contribution in [2.45, 2.75) is 32.4 Å². The summed E-state index contributed by atoms with van der Waals surface area (Å²) < 4.78 is 26.9. The number of hydrogen-bond acceptors (Lipinski definition) is 5. The molecule has 5 nitrogen and oxygen atoms in total. The molecule has 17 heavy (non-hydrogen) atoms. The molecule has 2 unspecified atom stereocenters. The first-order chi connectivity index (χ1) is 8.20. The Labute approximate surface area is 105 Å². The van der Waals surface area contributed by atoms with E-state index in [0.717, 1.165) is 32.7 Å². The molecule has 1 fully saturated rings. The zero-order valence-electron chi connectivity index (χ0n) is 11.1. The van der Waals surface area contributed by atoms with E-state index in [1.54, 1.807) is 7.11 Å². The second kappa shape index (κ2) is 8.18. The molecular formula is C11H24O5Si. The maximum atomic E-state index is 5.67. The van der Waals surface area contributed by atoms with Crippen LogP contribution in [-0.4, -0.2) is 55.1 Å². The monoisotopic (exact) mass is 264 g/mol. The first-order valence-corrected chi connectivity index (χ1v) is 8.45. The molecule has 1 saturated heterocycles. The highest BCUT2D eigenvalue weighted by atomic mass is 28.4. The molecule has 1 aliphatic heterocycles. The quantitative estimate of drug-likeness (QED) is 0.321. The number of ether oxygens (including phenoxy) is 2. The third-order valence-electron chi connectivity index (χ3n) is 2.53. The molecule has 0 aliphatic carbocycles. The molecule has 0 bridgehead atoms. The number of hydrogen-bond donors (Lipinski definition) is 0. The number of rotatable bonds is 11. The average Bonchev–Trinajstić information content (AvgIpc) is 3.12. The average molecular weight is 264 g/mol. The molecule has 1 aliphatic rings. The Morgan fingerprint density at radius 1 is 1.24 bits per heavy atom. The molecule has 0 saturated carbocycles. The summed E-state index contributed by atoms with van der Waals surface area (Å²) in [6.45, 7) is 7.50. The Morgan fingerprint density at radius 2 is 1.94 bits per heavy atom. The van der Waals surface area contributed by atoms with Crippen LogP contribution < -0.4 is 0 Å². The standard InChI is InChI=1S/C11H24O5Si/c1-4-15-17(3,12-2)16-8-6-5-7-13-9-11-10-14-11/h11H,4-10H2,1-3H3. The van der Waals surface area contributed by atoms with Crippen LogP contribution in [0.25, 0.3) is 0 Å². The van der Waals surface area contributed by atoms with Crippen molar-refractivity contribution < 1.29 is 22.8 Å². The van der Waals surface area contributed by atoms with E-state index in [1.165, 1.54) is 0 Å². The highest BCUT2D eigenvalue weighted by Gasteiger charge is 2.32. The summed E-state index contributed by atoms with van der Waals surface area (Å²) >= 11 is 0. The summed E-state index contributed by atoms with van der Waals surface area (Å²) in [4.78, 5) is 0. The van der Waals surface area contributed by atoms with Gasteiger partial charge in [0.25, 0.3) is 0 Å². The van der Waals surface area contributed by atoms with Gasteiger partial charge in [0.15, 0.2) is 0 Å². The van der Waals surface area contributed by atoms with Crippen molar-refractivity contribution in [1.82, 2.24) is 0 Å². The smallest absolute Gasteiger partial charge is 0.379 e. The van der Waals surface area contributed by atoms with E-state index in [2.05, 4.69) is 0 Å². The minimum absolute atomic E-state index is 0.355. The lowest BCUT2D eigenvalue weighted by atomic mass is 10.3. The van der Waals surface area contributed by atoms with E-state index in [4.69, 9.17) is 22.8 Å². The van der Waals surface area contributed by atoms with Crippen LogP contribution in [0.4, 0.5) is 0 Å². The van der Waals surface area contributed by atoms with Gasteiger partial charge in [-0.1, -0.05) is 0 Å². The van der Waals surface area contributed by atoms with E-state index < -0.39 is 8.80 Å². The predicted molar refractivity (Wildman–Crippen MR) is 66.0 cm³/mol. The predicted octanol–water partition coefficient (Wildman–Crippen LogP) is 1.45. The molecule has 102 valence electrons. The molecule has 1 rings (SSSR count). The third-order valence-corrected chi connectivity index (χ3v) is 4.81. The van der Waals surface area contributed by atoms with Gasteiger partial charge in [0.05, 0.1) is 13.2 Å². The first-order valence-electron chi connectivity index (χ1n) is 6.22. The molecule has 0 N–H and O–H groups in total. The number of epoxide rings is 1. The van der Waals surface area contributed by atoms with Gasteiger partial charge in [-0.2, -0.15) is 0 Å². The lowest BCUT2D eigenvalue weighted by Gasteiger charge is -2.23. The molecule has 0 spiro atoms. The Bertz CT molecular complexity index is 200. The second-order valence-electron chi connectivity index (χ2n) is 4.09. The minimum atomic E-state index is -2.36. The molecule has 0 radical (unpaired) electrons. The van der Waals surface area contributed by atoms with E-state index in [0.29, 0.717) is 19.3 Å². The van der Waals surface area contributed by atoms with E-state index in [9.17, 15) is 0 Å². The van der Waals surface area contributed by atoms with Crippen LogP contribution in [0, 0.1) is 0 Å². The van der Waals surface area contributed by atoms with Crippen LogP contribution in [0.1, 0.15) is 19.8 Å². The van der Waals surface area contributed by atoms with E-state index in [-0.39, 0.29) is 0 Å².